The van der Waals surface area contributed by atoms with E-state index in [9.17, 15) is 0 Å². The van der Waals surface area contributed by atoms with Crippen molar-refractivity contribution in [2.24, 2.45) is 0 Å². The summed E-state index contributed by atoms with van der Waals surface area (Å²) in [6.45, 7) is 0.790. The standard InChI is InChI=1S/C19H17N7/c1-2-4-16-15(3-1)19(25-18(24-16)13-7-9-20-10-8-13)23-14-5-6-17-21-12-22-26(17)11-14/h1-4,7-10,12,14H,5-6,11H2,(H,23,24,25). The van der Waals surface area contributed by atoms with E-state index in [1.54, 1.807) is 18.7 Å². The molecule has 0 bridgehead atoms. The molecule has 0 saturated heterocycles. The largest absolute Gasteiger partial charge is 0.365 e. The second kappa shape index (κ2) is 6.18. The first-order chi connectivity index (χ1) is 12.9. The van der Waals surface area contributed by atoms with Crippen molar-refractivity contribution in [2.75, 3.05) is 5.32 Å². The zero-order chi connectivity index (χ0) is 17.3. The lowest BCUT2D eigenvalue weighted by atomic mass is 10.1. The number of nitrogens with zero attached hydrogens (tertiary/aromatic N) is 6. The fourth-order valence-electron chi connectivity index (χ4n) is 3.37. The first kappa shape index (κ1) is 14.9. The minimum absolute atomic E-state index is 0.257. The molecule has 128 valence electrons. The molecule has 0 aliphatic carbocycles. The van der Waals surface area contributed by atoms with Crippen LogP contribution in [0.3, 0.4) is 0 Å². The first-order valence-electron chi connectivity index (χ1n) is 8.67. The highest BCUT2D eigenvalue weighted by Gasteiger charge is 2.21. The van der Waals surface area contributed by atoms with Crippen LogP contribution in [0.5, 0.6) is 0 Å². The zero-order valence-electron chi connectivity index (χ0n) is 14.1. The number of aryl methyl sites for hydroxylation is 1. The number of pyridine rings is 1. The number of nitrogens with one attached hydrogen (secondary N) is 1. The number of hydrogen-bond acceptors (Lipinski definition) is 6. The van der Waals surface area contributed by atoms with E-state index in [1.807, 2.05) is 35.0 Å². The maximum absolute atomic E-state index is 4.81. The second-order valence-corrected chi connectivity index (χ2v) is 6.39. The van der Waals surface area contributed by atoms with Crippen LogP contribution in [0.15, 0.2) is 55.1 Å². The van der Waals surface area contributed by atoms with Crippen molar-refractivity contribution in [3.63, 3.8) is 0 Å². The molecule has 7 heteroatoms. The van der Waals surface area contributed by atoms with Gasteiger partial charge in [-0.15, -0.1) is 0 Å². The van der Waals surface area contributed by atoms with Gasteiger partial charge in [0.1, 0.15) is 18.0 Å². The molecule has 0 fully saturated rings. The van der Waals surface area contributed by atoms with Crippen molar-refractivity contribution in [1.82, 2.24) is 29.7 Å². The third kappa shape index (κ3) is 2.67. The van der Waals surface area contributed by atoms with Crippen LogP contribution in [0.2, 0.25) is 0 Å². The predicted molar refractivity (Wildman–Crippen MR) is 98.5 cm³/mol. The van der Waals surface area contributed by atoms with Crippen molar-refractivity contribution < 1.29 is 0 Å². The molecule has 5 rings (SSSR count). The zero-order valence-corrected chi connectivity index (χ0v) is 14.1. The summed E-state index contributed by atoms with van der Waals surface area (Å²) in [6.07, 6.45) is 7.06. The maximum Gasteiger partial charge on any atom is 0.162 e. The number of anilines is 1. The van der Waals surface area contributed by atoms with Crippen LogP contribution in [0.4, 0.5) is 5.82 Å². The average molecular weight is 343 g/mol. The Hall–Kier alpha value is -3.35. The molecule has 26 heavy (non-hydrogen) atoms. The molecule has 0 amide bonds. The Labute approximate surface area is 150 Å². The van der Waals surface area contributed by atoms with Crippen LogP contribution < -0.4 is 5.32 Å². The first-order valence-corrected chi connectivity index (χ1v) is 8.67. The Morgan fingerprint density at radius 1 is 1.04 bits per heavy atom. The van der Waals surface area contributed by atoms with Crippen LogP contribution in [-0.2, 0) is 13.0 Å². The Bertz CT molecular complexity index is 1060. The van der Waals surface area contributed by atoms with Gasteiger partial charge in [0, 0.05) is 35.8 Å². The van der Waals surface area contributed by atoms with E-state index in [2.05, 4.69) is 26.4 Å². The molecule has 1 aliphatic heterocycles. The molecule has 3 aromatic heterocycles. The highest BCUT2D eigenvalue weighted by atomic mass is 15.3. The Morgan fingerprint density at radius 2 is 1.92 bits per heavy atom. The summed E-state index contributed by atoms with van der Waals surface area (Å²) in [5, 5.41) is 8.93. The Balaban J connectivity index is 1.54. The van der Waals surface area contributed by atoms with E-state index in [-0.39, 0.29) is 6.04 Å². The van der Waals surface area contributed by atoms with Gasteiger partial charge >= 0.3 is 0 Å². The fourth-order valence-corrected chi connectivity index (χ4v) is 3.37. The predicted octanol–water partition coefficient (Wildman–Crippen LogP) is 2.71. The quantitative estimate of drug-likeness (QED) is 0.616. The summed E-state index contributed by atoms with van der Waals surface area (Å²) < 4.78 is 1.97. The summed E-state index contributed by atoms with van der Waals surface area (Å²) in [5.41, 5.74) is 1.88. The van der Waals surface area contributed by atoms with Crippen molar-refractivity contribution in [3.8, 4) is 11.4 Å². The molecule has 1 aliphatic rings. The van der Waals surface area contributed by atoms with Crippen LogP contribution in [-0.4, -0.2) is 35.8 Å². The van der Waals surface area contributed by atoms with Crippen LogP contribution in [0.1, 0.15) is 12.2 Å². The van der Waals surface area contributed by atoms with Gasteiger partial charge in [0.15, 0.2) is 5.82 Å². The van der Waals surface area contributed by atoms with Gasteiger partial charge in [-0.2, -0.15) is 5.10 Å². The van der Waals surface area contributed by atoms with Gasteiger partial charge in [-0.25, -0.2) is 19.6 Å². The number of fused-ring (bicyclic) bond motifs is 2. The van der Waals surface area contributed by atoms with Gasteiger partial charge in [-0.3, -0.25) is 4.98 Å². The lowest BCUT2D eigenvalue weighted by Crippen LogP contribution is -2.32. The van der Waals surface area contributed by atoms with Crippen molar-refractivity contribution in [3.05, 3.63) is 60.9 Å². The lowest BCUT2D eigenvalue weighted by molar-refractivity contribution is 0.441. The lowest BCUT2D eigenvalue weighted by Gasteiger charge is -2.24. The number of aromatic nitrogens is 6. The third-order valence-electron chi connectivity index (χ3n) is 4.69. The molecule has 1 unspecified atom stereocenters. The molecular weight excluding hydrogens is 326 g/mol. The summed E-state index contributed by atoms with van der Waals surface area (Å²) in [7, 11) is 0. The summed E-state index contributed by atoms with van der Waals surface area (Å²) >= 11 is 0. The minimum Gasteiger partial charge on any atom is -0.365 e. The molecule has 0 saturated carbocycles. The molecule has 4 heterocycles. The molecule has 1 atom stereocenters. The van der Waals surface area contributed by atoms with E-state index < -0.39 is 0 Å². The molecule has 0 spiro atoms. The third-order valence-corrected chi connectivity index (χ3v) is 4.69. The Kier molecular flexibility index (Phi) is 3.55. The monoisotopic (exact) mass is 343 g/mol. The molecule has 1 N–H and O–H groups in total. The van der Waals surface area contributed by atoms with Crippen LogP contribution in [0, 0.1) is 0 Å². The normalized spacial score (nSPS) is 16.4. The van der Waals surface area contributed by atoms with E-state index in [0.29, 0.717) is 5.82 Å². The minimum atomic E-state index is 0.257. The highest BCUT2D eigenvalue weighted by Crippen LogP contribution is 2.26. The van der Waals surface area contributed by atoms with Crippen LogP contribution >= 0.6 is 0 Å². The number of benzene rings is 1. The highest BCUT2D eigenvalue weighted by molar-refractivity contribution is 5.90. The summed E-state index contributed by atoms with van der Waals surface area (Å²) in [4.78, 5) is 17.9. The van der Waals surface area contributed by atoms with E-state index in [0.717, 1.165) is 47.5 Å². The topological polar surface area (TPSA) is 81.4 Å². The van der Waals surface area contributed by atoms with E-state index >= 15 is 0 Å². The van der Waals surface area contributed by atoms with Gasteiger partial charge in [-0.1, -0.05) is 12.1 Å². The average Bonchev–Trinajstić information content (AvgIpc) is 3.16. The van der Waals surface area contributed by atoms with Gasteiger partial charge in [0.25, 0.3) is 0 Å². The molecule has 7 nitrogen and oxygen atoms in total. The summed E-state index contributed by atoms with van der Waals surface area (Å²) in [6, 6.07) is 12.2. The maximum atomic E-state index is 4.81. The van der Waals surface area contributed by atoms with Crippen LogP contribution in [0.25, 0.3) is 22.3 Å². The van der Waals surface area contributed by atoms with Gasteiger partial charge < -0.3 is 5.32 Å². The number of para-hydroxylation sites is 1. The summed E-state index contributed by atoms with van der Waals surface area (Å²) in [5.74, 6) is 2.61. The van der Waals surface area contributed by atoms with Crippen molar-refractivity contribution in [1.29, 1.82) is 0 Å². The molecular formula is C19H17N7. The Morgan fingerprint density at radius 3 is 2.85 bits per heavy atom. The molecule has 0 radical (unpaired) electrons. The van der Waals surface area contributed by atoms with Gasteiger partial charge in [0.05, 0.1) is 12.1 Å². The molecule has 1 aromatic carbocycles. The van der Waals surface area contributed by atoms with Crippen molar-refractivity contribution >= 4 is 16.7 Å². The molecule has 4 aromatic rings. The van der Waals surface area contributed by atoms with Gasteiger partial charge in [-0.05, 0) is 30.7 Å². The smallest absolute Gasteiger partial charge is 0.162 e. The second-order valence-electron chi connectivity index (χ2n) is 6.39. The van der Waals surface area contributed by atoms with Gasteiger partial charge in [0.2, 0.25) is 0 Å². The number of hydrogen-bond donors (Lipinski definition) is 1. The van der Waals surface area contributed by atoms with Crippen molar-refractivity contribution in [2.45, 2.75) is 25.4 Å². The SMILES string of the molecule is c1ccc2c(NC3CCc4ncnn4C3)nc(-c3ccncc3)nc2c1. The fraction of sp³-hybridized carbons (Fsp3) is 0.211. The van der Waals surface area contributed by atoms with E-state index in [4.69, 9.17) is 9.97 Å². The van der Waals surface area contributed by atoms with E-state index in [1.165, 1.54) is 0 Å². The number of rotatable bonds is 3.